The maximum atomic E-state index is 12.6. The van der Waals surface area contributed by atoms with Crippen LogP contribution >= 0.6 is 15.9 Å². The minimum absolute atomic E-state index is 0.00125. The van der Waals surface area contributed by atoms with Crippen molar-refractivity contribution >= 4 is 32.9 Å². The Labute approximate surface area is 164 Å². The fourth-order valence-electron chi connectivity index (χ4n) is 2.65. The van der Waals surface area contributed by atoms with Gasteiger partial charge in [0.15, 0.2) is 0 Å². The normalized spacial score (nSPS) is 10.8. The number of halogens is 1. The number of aryl methyl sites for hydroxylation is 2. The van der Waals surface area contributed by atoms with E-state index in [4.69, 9.17) is 9.47 Å². The zero-order valence-electron chi connectivity index (χ0n) is 15.1. The van der Waals surface area contributed by atoms with Crippen LogP contribution < -0.4 is 10.2 Å². The van der Waals surface area contributed by atoms with Crippen LogP contribution in [0.2, 0.25) is 0 Å². The Morgan fingerprint density at radius 1 is 1.15 bits per heavy atom. The number of carbonyl (C=O) groups is 1. The molecule has 0 spiro atoms. The molecule has 0 saturated carbocycles. The Morgan fingerprint density at radius 3 is 2.59 bits per heavy atom. The van der Waals surface area contributed by atoms with Crippen LogP contribution in [0, 0.1) is 6.92 Å². The Morgan fingerprint density at radius 2 is 1.89 bits per heavy atom. The van der Waals surface area contributed by atoms with E-state index in [1.807, 2.05) is 38.1 Å². The Balaban J connectivity index is 1.71. The van der Waals surface area contributed by atoms with Crippen LogP contribution in [0.4, 0.5) is 0 Å². The summed E-state index contributed by atoms with van der Waals surface area (Å²) < 4.78 is 13.5. The van der Waals surface area contributed by atoms with Gasteiger partial charge in [-0.05, 0) is 50.2 Å². The largest absolute Gasteiger partial charge is 0.490 e. The summed E-state index contributed by atoms with van der Waals surface area (Å²) in [5.41, 5.74) is 1.00. The van der Waals surface area contributed by atoms with Crippen molar-refractivity contribution in [2.24, 2.45) is 0 Å². The molecule has 3 aromatic rings. The second-order valence-electron chi connectivity index (χ2n) is 5.92. The van der Waals surface area contributed by atoms with E-state index < -0.39 is 5.97 Å². The molecule has 0 N–H and O–H groups in total. The van der Waals surface area contributed by atoms with Gasteiger partial charge in [-0.2, -0.15) is 0 Å². The Bertz CT molecular complexity index is 1030. The van der Waals surface area contributed by atoms with Crippen molar-refractivity contribution in [1.82, 2.24) is 9.55 Å². The summed E-state index contributed by atoms with van der Waals surface area (Å²) in [6, 6.07) is 10.8. The first-order valence-corrected chi connectivity index (χ1v) is 9.35. The molecule has 0 aliphatic carbocycles. The molecule has 0 aliphatic heterocycles. The van der Waals surface area contributed by atoms with Gasteiger partial charge in [0.05, 0.1) is 5.39 Å². The van der Waals surface area contributed by atoms with Crippen molar-refractivity contribution in [1.29, 1.82) is 0 Å². The molecule has 140 valence electrons. The maximum Gasteiger partial charge on any atom is 0.343 e. The summed E-state index contributed by atoms with van der Waals surface area (Å²) in [5, 5.41) is 0.406. The van der Waals surface area contributed by atoms with Crippen molar-refractivity contribution < 1.29 is 14.3 Å². The fraction of sp³-hybridized carbons (Fsp3) is 0.250. The fourth-order valence-corrected chi connectivity index (χ4v) is 2.91. The number of carbonyl (C=O) groups excluding carboxylic acids is 1. The predicted molar refractivity (Wildman–Crippen MR) is 106 cm³/mol. The van der Waals surface area contributed by atoms with Gasteiger partial charge in [-0.3, -0.25) is 4.79 Å². The molecule has 7 heteroatoms. The molecule has 0 unspecified atom stereocenters. The molecule has 2 heterocycles. The van der Waals surface area contributed by atoms with Crippen molar-refractivity contribution in [3.8, 4) is 5.75 Å². The van der Waals surface area contributed by atoms with Crippen molar-refractivity contribution in [3.63, 3.8) is 0 Å². The number of ether oxygens (including phenoxy) is 2. The lowest BCUT2D eigenvalue weighted by atomic mass is 10.2. The number of fused-ring (bicyclic) bond motifs is 1. The first-order chi connectivity index (χ1) is 13.0. The van der Waals surface area contributed by atoms with Gasteiger partial charge in [0.1, 0.15) is 30.2 Å². The van der Waals surface area contributed by atoms with E-state index in [-0.39, 0.29) is 24.2 Å². The van der Waals surface area contributed by atoms with E-state index in [1.165, 1.54) is 6.20 Å². The molecule has 1 aromatic carbocycles. The summed E-state index contributed by atoms with van der Waals surface area (Å²) in [6.45, 7) is 4.61. The van der Waals surface area contributed by atoms with Gasteiger partial charge in [-0.15, -0.1) is 0 Å². The summed E-state index contributed by atoms with van der Waals surface area (Å²) in [7, 11) is 0. The number of esters is 1. The minimum Gasteiger partial charge on any atom is -0.490 e. The van der Waals surface area contributed by atoms with E-state index >= 15 is 0 Å². The summed E-state index contributed by atoms with van der Waals surface area (Å²) in [4.78, 5) is 29.4. The number of rotatable bonds is 6. The van der Waals surface area contributed by atoms with Gasteiger partial charge in [0.25, 0.3) is 0 Å². The zero-order valence-corrected chi connectivity index (χ0v) is 16.7. The van der Waals surface area contributed by atoms with Gasteiger partial charge in [-0.1, -0.05) is 15.9 Å². The highest BCUT2D eigenvalue weighted by atomic mass is 79.9. The van der Waals surface area contributed by atoms with Crippen LogP contribution in [0.5, 0.6) is 5.75 Å². The number of pyridine rings is 2. The second kappa shape index (κ2) is 8.35. The van der Waals surface area contributed by atoms with E-state index in [2.05, 4.69) is 20.9 Å². The van der Waals surface area contributed by atoms with E-state index in [1.54, 1.807) is 16.7 Å². The molecule has 0 saturated heterocycles. The van der Waals surface area contributed by atoms with Crippen LogP contribution in [0.25, 0.3) is 11.0 Å². The summed E-state index contributed by atoms with van der Waals surface area (Å²) >= 11 is 3.35. The molecular formula is C20H19BrN2O4. The minimum atomic E-state index is -0.663. The van der Waals surface area contributed by atoms with Gasteiger partial charge >= 0.3 is 5.97 Å². The molecule has 6 nitrogen and oxygen atoms in total. The first kappa shape index (κ1) is 19.1. The maximum absolute atomic E-state index is 12.6. The van der Waals surface area contributed by atoms with Gasteiger partial charge in [0, 0.05) is 22.9 Å². The second-order valence-corrected chi connectivity index (χ2v) is 6.84. The van der Waals surface area contributed by atoms with Gasteiger partial charge in [-0.25, -0.2) is 9.78 Å². The number of hydrogen-bond acceptors (Lipinski definition) is 5. The van der Waals surface area contributed by atoms with Gasteiger partial charge < -0.3 is 14.0 Å². The topological polar surface area (TPSA) is 70.4 Å². The van der Waals surface area contributed by atoms with E-state index in [0.29, 0.717) is 23.3 Å². The number of aromatic nitrogens is 2. The molecule has 2 aromatic heterocycles. The molecule has 0 atom stereocenters. The zero-order chi connectivity index (χ0) is 19.4. The summed E-state index contributed by atoms with van der Waals surface area (Å²) in [5.74, 6) is 0.0128. The average molecular weight is 431 g/mol. The number of nitrogens with zero attached hydrogens (tertiary/aromatic N) is 2. The lowest BCUT2D eigenvalue weighted by Crippen LogP contribution is -2.22. The molecular weight excluding hydrogens is 412 g/mol. The molecule has 27 heavy (non-hydrogen) atoms. The highest BCUT2D eigenvalue weighted by molar-refractivity contribution is 9.10. The molecule has 3 rings (SSSR count). The SMILES string of the molecule is CCn1cc(C(=O)OCCOc2ccc(Br)cc2)c(=O)c2ccc(C)nc21. The van der Waals surface area contributed by atoms with Crippen LogP contribution in [0.3, 0.4) is 0 Å². The number of hydrogen-bond donors (Lipinski definition) is 0. The monoisotopic (exact) mass is 430 g/mol. The third-order valence-corrected chi connectivity index (χ3v) is 4.55. The van der Waals surface area contributed by atoms with E-state index in [0.717, 1.165) is 10.2 Å². The van der Waals surface area contributed by atoms with Crippen molar-refractivity contribution in [3.05, 3.63) is 68.5 Å². The summed E-state index contributed by atoms with van der Waals surface area (Å²) in [6.07, 6.45) is 1.51. The molecule has 0 radical (unpaired) electrons. The smallest absolute Gasteiger partial charge is 0.343 e. The van der Waals surface area contributed by atoms with Crippen LogP contribution in [0.1, 0.15) is 23.0 Å². The molecule has 0 aliphatic rings. The Hall–Kier alpha value is -2.67. The van der Waals surface area contributed by atoms with E-state index in [9.17, 15) is 9.59 Å². The van der Waals surface area contributed by atoms with Crippen molar-refractivity contribution in [2.75, 3.05) is 13.2 Å². The highest BCUT2D eigenvalue weighted by Gasteiger charge is 2.17. The standard InChI is InChI=1S/C20H19BrN2O4/c1-3-23-12-17(18(24)16-9-4-13(2)22-19(16)23)20(25)27-11-10-26-15-7-5-14(21)6-8-15/h4-9,12H,3,10-11H2,1-2H3. The van der Waals surface area contributed by atoms with Crippen LogP contribution in [-0.2, 0) is 11.3 Å². The highest BCUT2D eigenvalue weighted by Crippen LogP contribution is 2.16. The molecule has 0 fully saturated rings. The van der Waals surface area contributed by atoms with Gasteiger partial charge in [0.2, 0.25) is 5.43 Å². The van der Waals surface area contributed by atoms with Crippen LogP contribution in [0.15, 0.2) is 51.9 Å². The first-order valence-electron chi connectivity index (χ1n) is 8.56. The average Bonchev–Trinajstić information content (AvgIpc) is 2.66. The lowest BCUT2D eigenvalue weighted by molar-refractivity contribution is 0.0448. The quantitative estimate of drug-likeness (QED) is 0.440. The molecule has 0 amide bonds. The molecule has 0 bridgehead atoms. The third-order valence-electron chi connectivity index (χ3n) is 4.02. The third kappa shape index (κ3) is 4.36. The Kier molecular flexibility index (Phi) is 5.91. The number of benzene rings is 1. The predicted octanol–water partition coefficient (Wildman–Crippen LogP) is 3.72. The lowest BCUT2D eigenvalue weighted by Gasteiger charge is -2.11. The van der Waals surface area contributed by atoms with Crippen molar-refractivity contribution in [2.45, 2.75) is 20.4 Å². The van der Waals surface area contributed by atoms with Crippen LogP contribution in [-0.4, -0.2) is 28.7 Å².